The summed E-state index contributed by atoms with van der Waals surface area (Å²) < 4.78 is 10.4. The molecule has 0 unspecified atom stereocenters. The van der Waals surface area contributed by atoms with Gasteiger partial charge in [0.1, 0.15) is 5.76 Å². The Morgan fingerprint density at radius 3 is 3.10 bits per heavy atom. The van der Waals surface area contributed by atoms with Crippen LogP contribution in [-0.4, -0.2) is 6.79 Å². The topological polar surface area (TPSA) is 18.5 Å². The summed E-state index contributed by atoms with van der Waals surface area (Å²) in [5.74, 6) is 1.98. The molecule has 1 heterocycles. The lowest BCUT2D eigenvalue weighted by Gasteiger charge is -2.07. The van der Waals surface area contributed by atoms with Gasteiger partial charge in [0.05, 0.1) is 0 Å². The van der Waals surface area contributed by atoms with E-state index in [0.29, 0.717) is 6.79 Å². The van der Waals surface area contributed by atoms with Gasteiger partial charge in [-0.3, -0.25) is 0 Å². The highest BCUT2D eigenvalue weighted by atomic mass is 16.7. The zero-order valence-electron chi connectivity index (χ0n) is 6.02. The van der Waals surface area contributed by atoms with Crippen molar-refractivity contribution in [2.24, 2.45) is 0 Å². The molecule has 2 nitrogen and oxygen atoms in total. The first kappa shape index (κ1) is 5.83. The fourth-order valence-corrected chi connectivity index (χ4v) is 1.24. The van der Waals surface area contributed by atoms with Crippen molar-refractivity contribution < 1.29 is 9.47 Å². The van der Waals surface area contributed by atoms with E-state index in [1.165, 1.54) is 5.57 Å². The Morgan fingerprint density at radius 1 is 1.30 bits per heavy atom. The van der Waals surface area contributed by atoms with E-state index in [4.69, 9.17) is 9.47 Å². The van der Waals surface area contributed by atoms with Crippen LogP contribution in [0.5, 0.6) is 0 Å². The maximum absolute atomic E-state index is 5.22. The van der Waals surface area contributed by atoms with E-state index >= 15 is 0 Å². The molecular formula is C8H10O2. The van der Waals surface area contributed by atoms with Crippen LogP contribution in [0, 0.1) is 0 Å². The predicted octanol–water partition coefficient (Wildman–Crippen LogP) is 1.94. The Morgan fingerprint density at radius 2 is 2.20 bits per heavy atom. The summed E-state index contributed by atoms with van der Waals surface area (Å²) in [7, 11) is 0. The Hall–Kier alpha value is -0.920. The lowest BCUT2D eigenvalue weighted by atomic mass is 10.0. The van der Waals surface area contributed by atoms with Crippen LogP contribution in [0.1, 0.15) is 19.8 Å². The first-order valence-electron chi connectivity index (χ1n) is 3.52. The molecule has 0 saturated carbocycles. The molecule has 54 valence electrons. The van der Waals surface area contributed by atoms with Crippen LogP contribution in [0.25, 0.3) is 0 Å². The summed E-state index contributed by atoms with van der Waals surface area (Å²) >= 11 is 0. The Bertz CT molecular complexity index is 213. The zero-order chi connectivity index (χ0) is 6.97. The Balaban J connectivity index is 2.29. The minimum Gasteiger partial charge on any atom is -0.458 e. The molecule has 2 rings (SSSR count). The molecule has 0 aromatic heterocycles. The minimum atomic E-state index is 0.411. The van der Waals surface area contributed by atoms with Crippen LogP contribution in [0.3, 0.4) is 0 Å². The van der Waals surface area contributed by atoms with Gasteiger partial charge in [0.25, 0.3) is 0 Å². The number of hydrogen-bond acceptors (Lipinski definition) is 2. The van der Waals surface area contributed by atoms with Crippen LogP contribution in [-0.2, 0) is 9.47 Å². The molecule has 0 amide bonds. The van der Waals surface area contributed by atoms with Crippen LogP contribution in [0.4, 0.5) is 0 Å². The largest absolute Gasteiger partial charge is 0.458 e. The van der Waals surface area contributed by atoms with Gasteiger partial charge in [-0.1, -0.05) is 5.57 Å². The van der Waals surface area contributed by atoms with Crippen LogP contribution < -0.4 is 0 Å². The van der Waals surface area contributed by atoms with Crippen molar-refractivity contribution in [3.05, 3.63) is 23.2 Å². The molecule has 0 N–H and O–H groups in total. The van der Waals surface area contributed by atoms with Crippen LogP contribution >= 0.6 is 0 Å². The van der Waals surface area contributed by atoms with E-state index in [-0.39, 0.29) is 0 Å². The third kappa shape index (κ3) is 0.801. The Kier molecular flexibility index (Phi) is 1.19. The third-order valence-electron chi connectivity index (χ3n) is 1.85. The van der Waals surface area contributed by atoms with E-state index in [9.17, 15) is 0 Å². The molecule has 10 heavy (non-hydrogen) atoms. The van der Waals surface area contributed by atoms with E-state index in [0.717, 1.165) is 24.4 Å². The number of hydrogen-bond donors (Lipinski definition) is 0. The molecule has 1 aliphatic heterocycles. The summed E-state index contributed by atoms with van der Waals surface area (Å²) in [6, 6.07) is 0. The maximum atomic E-state index is 5.22. The quantitative estimate of drug-likeness (QED) is 0.509. The third-order valence-corrected chi connectivity index (χ3v) is 1.85. The molecule has 0 atom stereocenters. The highest BCUT2D eigenvalue weighted by molar-refractivity contribution is 5.26. The monoisotopic (exact) mass is 138 g/mol. The SMILES string of the molecule is CC1=CC2=C(CC1)OCO2. The molecule has 0 fully saturated rings. The molecule has 2 heteroatoms. The van der Waals surface area contributed by atoms with Gasteiger partial charge in [-0.2, -0.15) is 0 Å². The lowest BCUT2D eigenvalue weighted by Crippen LogP contribution is -1.93. The molecule has 0 aromatic rings. The number of ether oxygens (including phenoxy) is 2. The van der Waals surface area contributed by atoms with Gasteiger partial charge in [0.15, 0.2) is 5.76 Å². The number of allylic oxidation sites excluding steroid dienone is 3. The standard InChI is InChI=1S/C8H10O2/c1-6-2-3-7-8(4-6)10-5-9-7/h4H,2-3,5H2,1H3. The smallest absolute Gasteiger partial charge is 0.230 e. The first-order valence-corrected chi connectivity index (χ1v) is 3.52. The van der Waals surface area contributed by atoms with Crippen LogP contribution in [0.2, 0.25) is 0 Å². The van der Waals surface area contributed by atoms with E-state index in [1.54, 1.807) is 0 Å². The first-order chi connectivity index (χ1) is 4.86. The fourth-order valence-electron chi connectivity index (χ4n) is 1.24. The molecule has 2 aliphatic rings. The molecule has 0 saturated heterocycles. The van der Waals surface area contributed by atoms with Crippen molar-refractivity contribution in [3.8, 4) is 0 Å². The molecule has 1 aliphatic carbocycles. The summed E-state index contributed by atoms with van der Waals surface area (Å²) in [6.07, 6.45) is 4.19. The summed E-state index contributed by atoms with van der Waals surface area (Å²) in [4.78, 5) is 0. The van der Waals surface area contributed by atoms with Crippen molar-refractivity contribution in [1.82, 2.24) is 0 Å². The second kappa shape index (κ2) is 2.04. The van der Waals surface area contributed by atoms with Gasteiger partial charge in [-0.15, -0.1) is 0 Å². The summed E-state index contributed by atoms with van der Waals surface area (Å²) in [6.45, 7) is 2.53. The van der Waals surface area contributed by atoms with Gasteiger partial charge in [-0.05, 0) is 19.4 Å². The fraction of sp³-hybridized carbons (Fsp3) is 0.500. The van der Waals surface area contributed by atoms with Gasteiger partial charge in [-0.25, -0.2) is 0 Å². The second-order valence-corrected chi connectivity index (χ2v) is 2.68. The van der Waals surface area contributed by atoms with Gasteiger partial charge < -0.3 is 9.47 Å². The zero-order valence-corrected chi connectivity index (χ0v) is 6.02. The van der Waals surface area contributed by atoms with Crippen LogP contribution in [0.15, 0.2) is 23.2 Å². The number of rotatable bonds is 0. The molecule has 0 aromatic carbocycles. The van der Waals surface area contributed by atoms with Crippen molar-refractivity contribution in [2.45, 2.75) is 19.8 Å². The van der Waals surface area contributed by atoms with Crippen molar-refractivity contribution in [1.29, 1.82) is 0 Å². The lowest BCUT2D eigenvalue weighted by molar-refractivity contribution is 0.0729. The maximum Gasteiger partial charge on any atom is 0.230 e. The summed E-state index contributed by atoms with van der Waals surface area (Å²) in [5.41, 5.74) is 1.38. The average molecular weight is 138 g/mol. The van der Waals surface area contributed by atoms with E-state index in [2.05, 4.69) is 13.0 Å². The van der Waals surface area contributed by atoms with Crippen molar-refractivity contribution in [3.63, 3.8) is 0 Å². The van der Waals surface area contributed by atoms with Gasteiger partial charge >= 0.3 is 0 Å². The summed E-state index contributed by atoms with van der Waals surface area (Å²) in [5, 5.41) is 0. The molecule has 0 bridgehead atoms. The molecular weight excluding hydrogens is 128 g/mol. The molecule has 0 spiro atoms. The highest BCUT2D eigenvalue weighted by Crippen LogP contribution is 2.28. The molecule has 0 radical (unpaired) electrons. The van der Waals surface area contributed by atoms with Gasteiger partial charge in [0.2, 0.25) is 6.79 Å². The normalized spacial score (nSPS) is 23.1. The second-order valence-electron chi connectivity index (χ2n) is 2.68. The Labute approximate surface area is 60.1 Å². The predicted molar refractivity (Wildman–Crippen MR) is 37.1 cm³/mol. The van der Waals surface area contributed by atoms with Crippen molar-refractivity contribution in [2.75, 3.05) is 6.79 Å². The highest BCUT2D eigenvalue weighted by Gasteiger charge is 2.18. The minimum absolute atomic E-state index is 0.411. The van der Waals surface area contributed by atoms with Gasteiger partial charge in [0, 0.05) is 6.42 Å². The van der Waals surface area contributed by atoms with Crippen molar-refractivity contribution >= 4 is 0 Å². The average Bonchev–Trinajstić information content (AvgIpc) is 2.33. The van der Waals surface area contributed by atoms with E-state index in [1.807, 2.05) is 0 Å². The van der Waals surface area contributed by atoms with E-state index < -0.39 is 0 Å².